The summed E-state index contributed by atoms with van der Waals surface area (Å²) in [5.41, 5.74) is 13.3. The highest BCUT2D eigenvalue weighted by Crippen LogP contribution is 2.46. The number of piperidine rings is 3. The van der Waals surface area contributed by atoms with E-state index in [0.29, 0.717) is 105 Å². The van der Waals surface area contributed by atoms with Crippen LogP contribution in [0.4, 0.5) is 26.3 Å². The molecule has 6 aromatic carbocycles. The smallest absolute Gasteiger partial charge is 0.298 e. The van der Waals surface area contributed by atoms with E-state index in [9.17, 15) is 39.6 Å². The number of amides is 3. The van der Waals surface area contributed by atoms with Crippen LogP contribution in [0.5, 0.6) is 0 Å². The second kappa shape index (κ2) is 36.2. The molecule has 18 rings (SSSR count). The Kier molecular flexibility index (Phi) is 26.2. The predicted octanol–water partition coefficient (Wildman–Crippen LogP) is 16.0. The van der Waals surface area contributed by atoms with Crippen LogP contribution in [0.3, 0.4) is 0 Å². The number of halogens is 9. The lowest BCUT2D eigenvalue weighted by Gasteiger charge is -2.41. The molecular formula is C88H103Br3F6N14O9S3. The zero-order valence-corrected chi connectivity index (χ0v) is 75.3. The SMILES string of the molecule is CC1CC2CCC(C1)N2C(=O)C(NS(=O)(=O)c1ccc2c(cnn2CC2CCCC2)c1)C(F)(F)c1ccc(Br)cc1.NC1CC2CCC(C1)N2C(=O)C(NS(=O)(=O)c1ccc2c(cnn2CC2CCCC2)c1)C(F)(F)c1ccc(Br)cc1.NC1CC2CCC(C1)N2C(=O)[C@@H](NS(=O)(=O)c1ccc2c(cnn2CC2CCCC2)c1)C(F)(F)c1ccc(Br)cc1. The summed E-state index contributed by atoms with van der Waals surface area (Å²) in [7, 11) is -13.5. The lowest BCUT2D eigenvalue weighted by Crippen LogP contribution is -2.60. The van der Waals surface area contributed by atoms with Gasteiger partial charge in [0.1, 0.15) is 0 Å². The normalized spacial score (nSPS) is 24.3. The number of fused-ring (bicyclic) bond motifs is 9. The predicted molar refractivity (Wildman–Crippen MR) is 465 cm³/mol. The number of hydrogen-bond donors (Lipinski definition) is 5. The van der Waals surface area contributed by atoms with Crippen molar-refractivity contribution in [2.24, 2.45) is 35.1 Å². The second-order valence-corrected chi connectivity index (χ2v) is 43.5. The minimum absolute atomic E-state index is 0.111. The molecule has 7 N–H and O–H groups in total. The Morgan fingerprint density at radius 3 is 0.862 bits per heavy atom. The van der Waals surface area contributed by atoms with Gasteiger partial charge in [0.25, 0.3) is 17.8 Å². The number of nitrogens with zero attached hydrogens (tertiary/aromatic N) is 9. The monoisotopic (exact) mass is 1950 g/mol. The van der Waals surface area contributed by atoms with Gasteiger partial charge in [-0.05, 0) is 230 Å². The van der Waals surface area contributed by atoms with Gasteiger partial charge < -0.3 is 26.2 Å². The fourth-order valence-electron chi connectivity index (χ4n) is 20.9. The summed E-state index contributed by atoms with van der Waals surface area (Å²) in [6.07, 6.45) is 26.5. The first-order chi connectivity index (χ1) is 58.6. The zero-order chi connectivity index (χ0) is 86.8. The molecule has 3 amide bonds. The fourth-order valence-corrected chi connectivity index (χ4v) is 25.4. The summed E-state index contributed by atoms with van der Waals surface area (Å²) in [6, 6.07) is 20.8. The van der Waals surface area contributed by atoms with E-state index in [0.717, 1.165) is 100 Å². The third-order valence-corrected chi connectivity index (χ3v) is 32.9. The highest BCUT2D eigenvalue weighted by molar-refractivity contribution is 9.11. The number of alkyl halides is 6. The number of hydrogen-bond acceptors (Lipinski definition) is 14. The lowest BCUT2D eigenvalue weighted by molar-refractivity contribution is -0.150. The van der Waals surface area contributed by atoms with Gasteiger partial charge in [-0.2, -0.15) is 55.8 Å². The maximum absolute atomic E-state index is 16.2. The molecule has 6 aliphatic heterocycles. The molecule has 35 heteroatoms. The summed E-state index contributed by atoms with van der Waals surface area (Å²) in [5.74, 6) is -12.1. The van der Waals surface area contributed by atoms with Gasteiger partial charge in [-0.1, -0.05) is 130 Å². The Hall–Kier alpha value is -7.19. The first kappa shape index (κ1) is 89.2. The Morgan fingerprint density at radius 2 is 0.618 bits per heavy atom. The van der Waals surface area contributed by atoms with Gasteiger partial charge in [-0.25, -0.2) is 25.3 Å². The zero-order valence-electron chi connectivity index (χ0n) is 68.1. The van der Waals surface area contributed by atoms with Crippen LogP contribution in [0.25, 0.3) is 32.7 Å². The van der Waals surface area contributed by atoms with E-state index in [1.807, 2.05) is 14.0 Å². The molecule has 6 saturated heterocycles. The standard InChI is InChI=1S/C30H35BrF2N4O3S.2C29H34BrF2N5O3S/c1-19-14-24-10-11-25(15-19)37(24)29(38)28(30(32,33)22-6-8-23(31)9-7-22)35-41(39,40)26-12-13-27-21(16-26)17-34-36(27)18-20-4-2-3-5-20;2*30-21-7-5-20(6-8-21)29(31,32)27(28(38)37-23-9-10-24(37)15-22(33)14-23)35-41(39,40)25-11-12-26-19(13-25)16-34-36(26)17-18-3-1-2-4-18/h6-9,12-13,16-17,19-20,24-25,28,35H,2-5,10-11,14-15,18H2,1H3;2*5-8,11-13,16,18,22-24,27,35H,1-4,9-10,14-15,17,33H2/t;22?,23?,24?,27-;/m.1./s1. The average Bonchev–Trinajstić information content (AvgIpc) is 1.74. The maximum Gasteiger partial charge on any atom is 0.298 e. The molecule has 0 spiro atoms. The number of carbonyl (C=O) groups is 3. The van der Waals surface area contributed by atoms with Gasteiger partial charge in [0, 0.05) is 114 Å². The van der Waals surface area contributed by atoms with Crippen molar-refractivity contribution in [2.75, 3.05) is 0 Å². The van der Waals surface area contributed by atoms with E-state index >= 15 is 26.3 Å². The molecule has 3 aliphatic carbocycles. The molecule has 9 aromatic rings. The van der Waals surface area contributed by atoms with Crippen molar-refractivity contribution < 1.29 is 66.0 Å². The third-order valence-electron chi connectivity index (χ3n) is 27.1. The number of nitrogens with two attached hydrogens (primary N) is 2. The molecule has 23 nitrogen and oxygen atoms in total. The first-order valence-electron chi connectivity index (χ1n) is 42.9. The molecule has 8 unspecified atom stereocenters. The first-order valence-corrected chi connectivity index (χ1v) is 49.7. The van der Waals surface area contributed by atoms with E-state index in [-0.39, 0.29) is 63.0 Å². The van der Waals surface area contributed by atoms with Crippen LogP contribution in [0.15, 0.2) is 174 Å². The molecule has 3 aromatic heterocycles. The Bertz CT molecular complexity index is 5130. The van der Waals surface area contributed by atoms with Gasteiger partial charge in [0.15, 0.2) is 18.1 Å². The molecule has 9 heterocycles. The van der Waals surface area contributed by atoms with E-state index < -0.39 is 100 Å². The van der Waals surface area contributed by atoms with Crippen LogP contribution in [-0.2, 0) is 81.9 Å². The van der Waals surface area contributed by atoms with Gasteiger partial charge in [-0.3, -0.25) is 28.4 Å². The average molecular weight is 1950 g/mol. The number of aromatic nitrogens is 6. The van der Waals surface area contributed by atoms with Crippen LogP contribution in [-0.4, -0.2) is 153 Å². The molecule has 9 fully saturated rings. The lowest BCUT2D eigenvalue weighted by atomic mass is 9.91. The van der Waals surface area contributed by atoms with Crippen molar-refractivity contribution >= 4 is 128 Å². The third kappa shape index (κ3) is 18.9. The minimum atomic E-state index is -4.52. The summed E-state index contributed by atoms with van der Waals surface area (Å²) >= 11 is 9.75. The second-order valence-electron chi connectivity index (χ2n) is 35.6. The Morgan fingerprint density at radius 1 is 0.382 bits per heavy atom. The van der Waals surface area contributed by atoms with Crippen LogP contribution < -0.4 is 25.6 Å². The van der Waals surface area contributed by atoms with Gasteiger partial charge in [0.2, 0.25) is 47.8 Å². The number of nitrogens with one attached hydrogen (secondary N) is 3. The largest absolute Gasteiger partial charge is 0.335 e. The van der Waals surface area contributed by atoms with Crippen LogP contribution in [0.1, 0.15) is 178 Å². The summed E-state index contributed by atoms with van der Waals surface area (Å²) < 4.78 is 193. The molecule has 660 valence electrons. The number of benzene rings is 6. The number of sulfonamides is 3. The Labute approximate surface area is 737 Å². The van der Waals surface area contributed by atoms with E-state index in [1.165, 1.54) is 162 Å². The van der Waals surface area contributed by atoms with Crippen molar-refractivity contribution in [1.29, 1.82) is 0 Å². The van der Waals surface area contributed by atoms with Crippen molar-refractivity contribution in [1.82, 2.24) is 58.2 Å². The van der Waals surface area contributed by atoms with E-state index in [4.69, 9.17) is 11.5 Å². The molecular weight excluding hydrogens is 1850 g/mol. The Balaban J connectivity index is 0.000000137. The van der Waals surface area contributed by atoms with Crippen molar-refractivity contribution in [2.45, 2.75) is 280 Å². The van der Waals surface area contributed by atoms with Gasteiger partial charge >= 0.3 is 0 Å². The molecule has 123 heavy (non-hydrogen) atoms. The van der Waals surface area contributed by atoms with Crippen LogP contribution >= 0.6 is 47.8 Å². The summed E-state index contributed by atoms with van der Waals surface area (Å²) in [5, 5.41) is 15.2. The molecule has 3 saturated carbocycles. The van der Waals surface area contributed by atoms with Crippen LogP contribution in [0, 0.1) is 23.7 Å². The van der Waals surface area contributed by atoms with Crippen LogP contribution in [0.2, 0.25) is 0 Å². The number of carbonyl (C=O) groups excluding carboxylic acids is 3. The fraction of sp³-hybridized carbons (Fsp3) is 0.523. The summed E-state index contributed by atoms with van der Waals surface area (Å²) in [6.45, 7) is 4.38. The minimum Gasteiger partial charge on any atom is -0.335 e. The van der Waals surface area contributed by atoms with E-state index in [1.54, 1.807) is 36.8 Å². The molecule has 9 atom stereocenters. The topological polar surface area (TPSA) is 305 Å². The van der Waals surface area contributed by atoms with Gasteiger partial charge in [-0.15, -0.1) is 0 Å². The molecule has 9 aliphatic rings. The van der Waals surface area contributed by atoms with Crippen molar-refractivity contribution in [3.05, 3.63) is 176 Å². The summed E-state index contributed by atoms with van der Waals surface area (Å²) in [4.78, 5) is 45.6. The quantitative estimate of drug-likeness (QED) is 0.0352. The maximum atomic E-state index is 16.2. The highest BCUT2D eigenvalue weighted by atomic mass is 79.9. The van der Waals surface area contributed by atoms with Crippen molar-refractivity contribution in [3.8, 4) is 0 Å². The molecule has 6 bridgehead atoms. The van der Waals surface area contributed by atoms with Gasteiger partial charge in [0.05, 0.1) is 49.8 Å². The highest BCUT2D eigenvalue weighted by Gasteiger charge is 2.58. The van der Waals surface area contributed by atoms with Crippen molar-refractivity contribution in [3.63, 3.8) is 0 Å². The van der Waals surface area contributed by atoms with E-state index in [2.05, 4.69) is 84.2 Å². The number of rotatable bonds is 24. The molecule has 0 radical (unpaired) electrons.